The summed E-state index contributed by atoms with van der Waals surface area (Å²) < 4.78 is 5.18. The number of imide groups is 2. The van der Waals surface area contributed by atoms with E-state index in [0.717, 1.165) is 4.90 Å². The highest BCUT2D eigenvalue weighted by Crippen LogP contribution is 2.32. The van der Waals surface area contributed by atoms with E-state index < -0.39 is 23.3 Å². The van der Waals surface area contributed by atoms with E-state index in [1.165, 1.54) is 0 Å². The van der Waals surface area contributed by atoms with Crippen molar-refractivity contribution in [3.8, 4) is 0 Å². The molecule has 0 bridgehead atoms. The average Bonchev–Trinajstić information content (AvgIpc) is 2.93. The summed E-state index contributed by atoms with van der Waals surface area (Å²) >= 11 is 0. The van der Waals surface area contributed by atoms with Crippen molar-refractivity contribution in [2.75, 3.05) is 6.54 Å². The molecule has 20 heavy (non-hydrogen) atoms. The molecule has 0 aliphatic carbocycles. The molecule has 4 amide bonds. The fraction of sp³-hybridized carbons (Fsp3) is 0.500. The number of carbonyl (C=O) groups is 3. The Labute approximate surface area is 117 Å². The van der Waals surface area contributed by atoms with Crippen molar-refractivity contribution in [2.45, 2.75) is 33.1 Å². The van der Waals surface area contributed by atoms with Gasteiger partial charge in [0.25, 0.3) is 0 Å². The summed E-state index contributed by atoms with van der Waals surface area (Å²) in [6, 6.07) is 2.88. The molecule has 6 nitrogen and oxygen atoms in total. The Balaban J connectivity index is 2.17. The van der Waals surface area contributed by atoms with Crippen LogP contribution in [-0.2, 0) is 16.0 Å². The molecular formula is C14H18N2O4. The van der Waals surface area contributed by atoms with Gasteiger partial charge in [0.2, 0.25) is 11.8 Å². The summed E-state index contributed by atoms with van der Waals surface area (Å²) in [4.78, 5) is 37.4. The topological polar surface area (TPSA) is 79.6 Å². The number of rotatable bonds is 5. The number of hydrogen-bond donors (Lipinski definition) is 1. The van der Waals surface area contributed by atoms with Gasteiger partial charge in [0.1, 0.15) is 11.2 Å². The van der Waals surface area contributed by atoms with Gasteiger partial charge in [-0.3, -0.25) is 19.8 Å². The molecule has 1 aliphatic heterocycles. The minimum Gasteiger partial charge on any atom is -0.469 e. The van der Waals surface area contributed by atoms with Gasteiger partial charge >= 0.3 is 6.03 Å². The molecule has 2 rings (SSSR count). The van der Waals surface area contributed by atoms with Gasteiger partial charge in [-0.2, -0.15) is 0 Å². The van der Waals surface area contributed by atoms with Crippen molar-refractivity contribution in [1.82, 2.24) is 10.2 Å². The lowest BCUT2D eigenvalue weighted by atomic mass is 9.78. The number of carbonyl (C=O) groups excluding carboxylic acids is 3. The molecule has 0 atom stereocenters. The van der Waals surface area contributed by atoms with Crippen LogP contribution in [0.4, 0.5) is 4.79 Å². The molecule has 1 aromatic rings. The normalized spacial score (nSPS) is 18.3. The van der Waals surface area contributed by atoms with Crippen LogP contribution < -0.4 is 5.32 Å². The van der Waals surface area contributed by atoms with Gasteiger partial charge in [0.15, 0.2) is 0 Å². The molecule has 0 aromatic carbocycles. The Morgan fingerprint density at radius 1 is 1.25 bits per heavy atom. The Morgan fingerprint density at radius 3 is 2.50 bits per heavy atom. The SMILES string of the molecule is CCC1(CC)C(=O)NC(=O)N(CCc2ccco2)C1=O. The van der Waals surface area contributed by atoms with Crippen LogP contribution in [0.3, 0.4) is 0 Å². The number of furan rings is 1. The fourth-order valence-electron chi connectivity index (χ4n) is 2.49. The predicted octanol–water partition coefficient (Wildman–Crippen LogP) is 1.71. The zero-order valence-corrected chi connectivity index (χ0v) is 11.6. The molecule has 1 fully saturated rings. The molecule has 0 saturated carbocycles. The van der Waals surface area contributed by atoms with Crippen LogP contribution in [0.1, 0.15) is 32.4 Å². The summed E-state index contributed by atoms with van der Waals surface area (Å²) in [5.74, 6) is -0.212. The van der Waals surface area contributed by atoms with Crippen LogP contribution in [0, 0.1) is 5.41 Å². The summed E-state index contributed by atoms with van der Waals surface area (Å²) in [6.45, 7) is 3.76. The first-order valence-electron chi connectivity index (χ1n) is 6.75. The van der Waals surface area contributed by atoms with Gasteiger partial charge in [-0.25, -0.2) is 4.79 Å². The quantitative estimate of drug-likeness (QED) is 0.831. The predicted molar refractivity (Wildman–Crippen MR) is 70.7 cm³/mol. The van der Waals surface area contributed by atoms with Crippen molar-refractivity contribution in [3.05, 3.63) is 24.2 Å². The molecule has 1 aromatic heterocycles. The smallest absolute Gasteiger partial charge is 0.330 e. The third-order valence-electron chi connectivity index (χ3n) is 3.92. The second-order valence-electron chi connectivity index (χ2n) is 4.83. The molecular weight excluding hydrogens is 260 g/mol. The standard InChI is InChI=1S/C14H18N2O4/c1-3-14(4-2)11(17)15-13(19)16(12(14)18)8-7-10-6-5-9-20-10/h5-6,9H,3-4,7-8H2,1-2H3,(H,15,17,19). The van der Waals surface area contributed by atoms with E-state index in [1.807, 2.05) is 0 Å². The fourth-order valence-corrected chi connectivity index (χ4v) is 2.49. The van der Waals surface area contributed by atoms with Crippen LogP contribution in [0.25, 0.3) is 0 Å². The summed E-state index contributed by atoms with van der Waals surface area (Å²) in [5, 5.41) is 2.28. The number of nitrogens with one attached hydrogen (secondary N) is 1. The minimum atomic E-state index is -1.13. The minimum absolute atomic E-state index is 0.202. The lowest BCUT2D eigenvalue weighted by Crippen LogP contribution is -2.63. The largest absolute Gasteiger partial charge is 0.469 e. The molecule has 0 radical (unpaired) electrons. The third kappa shape index (κ3) is 2.21. The first kappa shape index (κ1) is 14.3. The van der Waals surface area contributed by atoms with Crippen molar-refractivity contribution in [3.63, 3.8) is 0 Å². The molecule has 1 N–H and O–H groups in total. The number of hydrogen-bond acceptors (Lipinski definition) is 4. The highest BCUT2D eigenvalue weighted by molar-refractivity contribution is 6.19. The molecule has 0 unspecified atom stereocenters. The van der Waals surface area contributed by atoms with E-state index in [9.17, 15) is 14.4 Å². The monoisotopic (exact) mass is 278 g/mol. The van der Waals surface area contributed by atoms with E-state index >= 15 is 0 Å². The van der Waals surface area contributed by atoms with E-state index in [4.69, 9.17) is 4.42 Å². The maximum atomic E-state index is 12.5. The Bertz CT molecular complexity index is 517. The van der Waals surface area contributed by atoms with Crippen molar-refractivity contribution in [2.24, 2.45) is 5.41 Å². The number of urea groups is 1. The van der Waals surface area contributed by atoms with Gasteiger partial charge in [-0.1, -0.05) is 13.8 Å². The van der Waals surface area contributed by atoms with Crippen LogP contribution >= 0.6 is 0 Å². The lowest BCUT2D eigenvalue weighted by Gasteiger charge is -2.38. The Hall–Kier alpha value is -2.11. The van der Waals surface area contributed by atoms with E-state index in [0.29, 0.717) is 25.0 Å². The summed E-state index contributed by atoms with van der Waals surface area (Å²) in [5.41, 5.74) is -1.13. The van der Waals surface area contributed by atoms with Crippen LogP contribution in [0.2, 0.25) is 0 Å². The van der Waals surface area contributed by atoms with E-state index in [-0.39, 0.29) is 6.54 Å². The third-order valence-corrected chi connectivity index (χ3v) is 3.92. The van der Waals surface area contributed by atoms with E-state index in [2.05, 4.69) is 5.32 Å². The van der Waals surface area contributed by atoms with Crippen LogP contribution in [0.15, 0.2) is 22.8 Å². The first-order valence-corrected chi connectivity index (χ1v) is 6.75. The highest BCUT2D eigenvalue weighted by atomic mass is 16.3. The second-order valence-corrected chi connectivity index (χ2v) is 4.83. The molecule has 2 heterocycles. The van der Waals surface area contributed by atoms with Crippen LogP contribution in [0.5, 0.6) is 0 Å². The Morgan fingerprint density at radius 2 is 1.95 bits per heavy atom. The zero-order chi connectivity index (χ0) is 14.8. The van der Waals surface area contributed by atoms with Crippen molar-refractivity contribution < 1.29 is 18.8 Å². The maximum Gasteiger partial charge on any atom is 0.330 e. The van der Waals surface area contributed by atoms with Crippen molar-refractivity contribution >= 4 is 17.8 Å². The molecule has 0 spiro atoms. The van der Waals surface area contributed by atoms with Gasteiger partial charge in [0, 0.05) is 13.0 Å². The van der Waals surface area contributed by atoms with E-state index in [1.54, 1.807) is 32.2 Å². The molecule has 1 saturated heterocycles. The summed E-state index contributed by atoms with van der Waals surface area (Å²) in [6.07, 6.45) is 2.72. The summed E-state index contributed by atoms with van der Waals surface area (Å²) in [7, 11) is 0. The lowest BCUT2D eigenvalue weighted by molar-refractivity contribution is -0.152. The second kappa shape index (κ2) is 5.48. The van der Waals surface area contributed by atoms with Gasteiger partial charge in [-0.15, -0.1) is 0 Å². The average molecular weight is 278 g/mol. The number of nitrogens with zero attached hydrogens (tertiary/aromatic N) is 1. The number of amides is 4. The van der Waals surface area contributed by atoms with Crippen molar-refractivity contribution in [1.29, 1.82) is 0 Å². The molecule has 108 valence electrons. The maximum absolute atomic E-state index is 12.5. The number of barbiturate groups is 1. The molecule has 6 heteroatoms. The molecule has 1 aliphatic rings. The van der Waals surface area contributed by atoms with Gasteiger partial charge < -0.3 is 4.42 Å². The van der Waals surface area contributed by atoms with Crippen LogP contribution in [-0.4, -0.2) is 29.3 Å². The highest BCUT2D eigenvalue weighted by Gasteiger charge is 2.51. The van der Waals surface area contributed by atoms with Gasteiger partial charge in [-0.05, 0) is 25.0 Å². The zero-order valence-electron chi connectivity index (χ0n) is 11.6. The first-order chi connectivity index (χ1) is 9.55. The van der Waals surface area contributed by atoms with Gasteiger partial charge in [0.05, 0.1) is 6.26 Å². The Kier molecular flexibility index (Phi) is 3.92.